The molecule has 7 heteroatoms. The second-order valence-electron chi connectivity index (χ2n) is 7.39. The Labute approximate surface area is 196 Å². The number of thiophene rings is 1. The molecule has 0 spiro atoms. The minimum atomic E-state index is -0.108. The van der Waals surface area contributed by atoms with E-state index in [1.807, 2.05) is 65.7 Å². The molecule has 4 aromatic rings. The summed E-state index contributed by atoms with van der Waals surface area (Å²) in [5, 5.41) is 6.94. The average Bonchev–Trinajstić information content (AvgIpc) is 3.32. The van der Waals surface area contributed by atoms with Crippen molar-refractivity contribution in [1.82, 2.24) is 15.2 Å². The standard InChI is InChI=1S/C25H25N3O2S2/c1-2-30-21-10-11-23-19(14-21)13-20(24(29)27-23)16-28(17-22-9-6-12-32-22)25(31)26-15-18-7-4-3-5-8-18/h3-14H,2,15-17H2,1H3,(H,26,31)(H,27,29). The van der Waals surface area contributed by atoms with E-state index < -0.39 is 0 Å². The summed E-state index contributed by atoms with van der Waals surface area (Å²) in [5.41, 5.74) is 2.49. The Kier molecular flexibility index (Phi) is 7.19. The fraction of sp³-hybridized carbons (Fsp3) is 0.200. The van der Waals surface area contributed by atoms with E-state index in [9.17, 15) is 4.79 Å². The van der Waals surface area contributed by atoms with Crippen LogP contribution in [-0.2, 0) is 19.6 Å². The van der Waals surface area contributed by atoms with Crippen LogP contribution in [0, 0.1) is 0 Å². The highest BCUT2D eigenvalue weighted by molar-refractivity contribution is 7.80. The van der Waals surface area contributed by atoms with Gasteiger partial charge in [0.2, 0.25) is 0 Å². The maximum atomic E-state index is 12.8. The van der Waals surface area contributed by atoms with Gasteiger partial charge in [-0.05, 0) is 60.4 Å². The van der Waals surface area contributed by atoms with Crippen molar-refractivity contribution in [3.63, 3.8) is 0 Å². The summed E-state index contributed by atoms with van der Waals surface area (Å²) in [5.74, 6) is 0.786. The van der Waals surface area contributed by atoms with E-state index in [0.717, 1.165) is 22.2 Å². The fourth-order valence-electron chi connectivity index (χ4n) is 3.48. The molecular weight excluding hydrogens is 438 g/mol. The van der Waals surface area contributed by atoms with Crippen LogP contribution in [-0.4, -0.2) is 21.6 Å². The van der Waals surface area contributed by atoms with Crippen molar-refractivity contribution in [3.05, 3.63) is 98.5 Å². The summed E-state index contributed by atoms with van der Waals surface area (Å²) in [4.78, 5) is 19.0. The molecule has 2 aromatic heterocycles. The van der Waals surface area contributed by atoms with E-state index in [1.165, 1.54) is 4.88 Å². The highest BCUT2D eigenvalue weighted by atomic mass is 32.1. The Morgan fingerprint density at radius 3 is 2.69 bits per heavy atom. The van der Waals surface area contributed by atoms with Crippen LogP contribution in [0.3, 0.4) is 0 Å². The SMILES string of the molecule is CCOc1ccc2[nH]c(=O)c(CN(Cc3cccs3)C(=S)NCc3ccccc3)cc2c1. The van der Waals surface area contributed by atoms with Gasteiger partial charge in [-0.2, -0.15) is 0 Å². The van der Waals surface area contributed by atoms with Gasteiger partial charge < -0.3 is 19.9 Å². The van der Waals surface area contributed by atoms with Crippen LogP contribution in [0.2, 0.25) is 0 Å². The molecule has 0 saturated heterocycles. The van der Waals surface area contributed by atoms with Crippen LogP contribution in [0.4, 0.5) is 0 Å². The molecule has 0 saturated carbocycles. The molecule has 0 aliphatic rings. The number of nitrogens with zero attached hydrogens (tertiary/aromatic N) is 1. The number of fused-ring (bicyclic) bond motifs is 1. The van der Waals surface area contributed by atoms with Crippen molar-refractivity contribution < 1.29 is 4.74 Å². The van der Waals surface area contributed by atoms with Gasteiger partial charge in [0.1, 0.15) is 5.75 Å². The highest BCUT2D eigenvalue weighted by Gasteiger charge is 2.15. The summed E-state index contributed by atoms with van der Waals surface area (Å²) in [6.07, 6.45) is 0. The number of ether oxygens (including phenoxy) is 1. The number of rotatable bonds is 8. The Bertz CT molecular complexity index is 1240. The van der Waals surface area contributed by atoms with Gasteiger partial charge in [0.15, 0.2) is 5.11 Å². The lowest BCUT2D eigenvalue weighted by Crippen LogP contribution is -2.39. The number of hydrogen-bond donors (Lipinski definition) is 2. The first-order valence-electron chi connectivity index (χ1n) is 10.5. The van der Waals surface area contributed by atoms with E-state index in [2.05, 4.69) is 28.5 Å². The number of aromatic nitrogens is 1. The molecule has 0 aliphatic heterocycles. The molecule has 5 nitrogen and oxygen atoms in total. The van der Waals surface area contributed by atoms with E-state index in [1.54, 1.807) is 11.3 Å². The minimum absolute atomic E-state index is 0.108. The molecule has 2 heterocycles. The molecule has 0 fully saturated rings. The summed E-state index contributed by atoms with van der Waals surface area (Å²) < 4.78 is 5.62. The fourth-order valence-corrected chi connectivity index (χ4v) is 4.41. The minimum Gasteiger partial charge on any atom is -0.494 e. The number of nitrogens with one attached hydrogen (secondary N) is 2. The monoisotopic (exact) mass is 463 g/mol. The number of H-pyrrole nitrogens is 1. The Balaban J connectivity index is 1.58. The number of pyridine rings is 1. The Morgan fingerprint density at radius 2 is 1.94 bits per heavy atom. The van der Waals surface area contributed by atoms with Gasteiger partial charge >= 0.3 is 0 Å². The largest absolute Gasteiger partial charge is 0.494 e. The molecule has 0 bridgehead atoms. The lowest BCUT2D eigenvalue weighted by Gasteiger charge is -2.25. The number of benzene rings is 2. The molecule has 2 N–H and O–H groups in total. The third kappa shape index (κ3) is 5.55. The summed E-state index contributed by atoms with van der Waals surface area (Å²) in [6, 6.07) is 21.9. The van der Waals surface area contributed by atoms with Crippen molar-refractivity contribution in [2.24, 2.45) is 0 Å². The number of aromatic amines is 1. The topological polar surface area (TPSA) is 57.4 Å². The van der Waals surface area contributed by atoms with Crippen molar-refractivity contribution in [3.8, 4) is 5.75 Å². The number of thiocarbonyl (C=S) groups is 1. The molecule has 0 unspecified atom stereocenters. The summed E-state index contributed by atoms with van der Waals surface area (Å²) in [6.45, 7) is 4.22. The first-order valence-corrected chi connectivity index (χ1v) is 11.8. The van der Waals surface area contributed by atoms with Gasteiger partial charge in [-0.3, -0.25) is 4.79 Å². The second-order valence-corrected chi connectivity index (χ2v) is 8.80. The zero-order valence-electron chi connectivity index (χ0n) is 17.8. The van der Waals surface area contributed by atoms with Crippen molar-refractivity contribution in [2.45, 2.75) is 26.6 Å². The van der Waals surface area contributed by atoms with Crippen LogP contribution in [0.5, 0.6) is 5.75 Å². The van der Waals surface area contributed by atoms with Crippen molar-refractivity contribution in [2.75, 3.05) is 6.61 Å². The molecule has 0 atom stereocenters. The third-order valence-electron chi connectivity index (χ3n) is 5.07. The summed E-state index contributed by atoms with van der Waals surface area (Å²) in [7, 11) is 0. The van der Waals surface area contributed by atoms with Gasteiger partial charge in [0.25, 0.3) is 5.56 Å². The van der Waals surface area contributed by atoms with Crippen LogP contribution in [0.15, 0.2) is 76.9 Å². The first kappa shape index (κ1) is 22.0. The zero-order valence-corrected chi connectivity index (χ0v) is 19.5. The van der Waals surface area contributed by atoms with Crippen LogP contribution in [0.25, 0.3) is 10.9 Å². The van der Waals surface area contributed by atoms with E-state index in [-0.39, 0.29) is 5.56 Å². The van der Waals surface area contributed by atoms with Gasteiger partial charge in [-0.1, -0.05) is 36.4 Å². The van der Waals surface area contributed by atoms with Gasteiger partial charge in [0, 0.05) is 27.9 Å². The zero-order chi connectivity index (χ0) is 22.3. The van der Waals surface area contributed by atoms with E-state index in [4.69, 9.17) is 17.0 Å². The molecule has 2 aromatic carbocycles. The molecule has 4 rings (SSSR count). The Hall–Kier alpha value is -3.16. The molecule has 0 amide bonds. The van der Waals surface area contributed by atoms with Crippen LogP contribution >= 0.6 is 23.6 Å². The number of hydrogen-bond acceptors (Lipinski definition) is 4. The van der Waals surface area contributed by atoms with E-state index >= 15 is 0 Å². The molecule has 32 heavy (non-hydrogen) atoms. The van der Waals surface area contributed by atoms with Crippen molar-refractivity contribution in [1.29, 1.82) is 0 Å². The molecular formula is C25H25N3O2S2. The lowest BCUT2D eigenvalue weighted by molar-refractivity contribution is 0.340. The quantitative estimate of drug-likeness (QED) is 0.358. The average molecular weight is 464 g/mol. The Morgan fingerprint density at radius 1 is 1.09 bits per heavy atom. The normalized spacial score (nSPS) is 10.8. The molecule has 0 radical (unpaired) electrons. The second kappa shape index (κ2) is 10.4. The van der Waals surface area contributed by atoms with Crippen LogP contribution < -0.4 is 15.6 Å². The predicted octanol–water partition coefficient (Wildman–Crippen LogP) is 5.07. The lowest BCUT2D eigenvalue weighted by atomic mass is 10.1. The summed E-state index contributed by atoms with van der Waals surface area (Å²) >= 11 is 7.40. The van der Waals surface area contributed by atoms with Gasteiger partial charge in [-0.15, -0.1) is 11.3 Å². The highest BCUT2D eigenvalue weighted by Crippen LogP contribution is 2.20. The smallest absolute Gasteiger partial charge is 0.253 e. The maximum Gasteiger partial charge on any atom is 0.253 e. The van der Waals surface area contributed by atoms with Crippen LogP contribution in [0.1, 0.15) is 22.9 Å². The van der Waals surface area contributed by atoms with Crippen molar-refractivity contribution >= 4 is 39.6 Å². The molecule has 164 valence electrons. The first-order chi connectivity index (χ1) is 15.6. The predicted molar refractivity (Wildman–Crippen MR) is 135 cm³/mol. The molecule has 0 aliphatic carbocycles. The maximum absolute atomic E-state index is 12.8. The van der Waals surface area contributed by atoms with Gasteiger partial charge in [0.05, 0.1) is 19.7 Å². The third-order valence-corrected chi connectivity index (χ3v) is 6.33. The van der Waals surface area contributed by atoms with E-state index in [0.29, 0.717) is 36.9 Å². The van der Waals surface area contributed by atoms with Gasteiger partial charge in [-0.25, -0.2) is 0 Å².